The first kappa shape index (κ1) is 17.7. The Morgan fingerprint density at radius 1 is 1.04 bits per heavy atom. The van der Waals surface area contributed by atoms with Crippen molar-refractivity contribution in [1.82, 2.24) is 4.98 Å². The number of piperidine rings is 1. The van der Waals surface area contributed by atoms with Crippen LogP contribution in [0.25, 0.3) is 11.3 Å². The number of rotatable bonds is 5. The fourth-order valence-corrected chi connectivity index (χ4v) is 4.26. The summed E-state index contributed by atoms with van der Waals surface area (Å²) in [6.07, 6.45) is 4.19. The highest BCUT2D eigenvalue weighted by molar-refractivity contribution is 7.14. The molecule has 3 aromatic rings. The predicted octanol–water partition coefficient (Wildman–Crippen LogP) is 4.98. The molecule has 0 bridgehead atoms. The van der Waals surface area contributed by atoms with Crippen molar-refractivity contribution in [3.8, 4) is 11.3 Å². The molecule has 1 N–H and O–H groups in total. The molecule has 0 aliphatic carbocycles. The Hall–Kier alpha value is -2.66. The molecule has 0 saturated carbocycles. The number of amides is 1. The van der Waals surface area contributed by atoms with Crippen LogP contribution >= 0.6 is 11.3 Å². The van der Waals surface area contributed by atoms with Crippen LogP contribution in [0.3, 0.4) is 0 Å². The van der Waals surface area contributed by atoms with Gasteiger partial charge in [0.05, 0.1) is 12.1 Å². The minimum Gasteiger partial charge on any atom is -0.348 e. The van der Waals surface area contributed by atoms with E-state index in [1.54, 1.807) is 11.3 Å². The van der Waals surface area contributed by atoms with Gasteiger partial charge in [0, 0.05) is 29.7 Å². The molecule has 2 aromatic carbocycles. The Labute approximate surface area is 163 Å². The van der Waals surface area contributed by atoms with E-state index in [2.05, 4.69) is 15.6 Å². The van der Waals surface area contributed by atoms with Crippen LogP contribution in [0.2, 0.25) is 0 Å². The van der Waals surface area contributed by atoms with Crippen LogP contribution in [0, 0.1) is 0 Å². The number of thiazole rings is 1. The fraction of sp³-hybridized carbons (Fsp3) is 0.273. The van der Waals surface area contributed by atoms with Crippen molar-refractivity contribution in [3.05, 3.63) is 65.5 Å². The molecule has 1 aliphatic heterocycles. The molecule has 138 valence electrons. The highest BCUT2D eigenvalue weighted by Gasteiger charge is 2.15. The van der Waals surface area contributed by atoms with E-state index in [0.717, 1.165) is 40.7 Å². The highest BCUT2D eigenvalue weighted by Crippen LogP contribution is 2.30. The van der Waals surface area contributed by atoms with Crippen molar-refractivity contribution in [2.45, 2.75) is 25.7 Å². The molecule has 2 heterocycles. The monoisotopic (exact) mass is 377 g/mol. The first-order chi connectivity index (χ1) is 13.3. The van der Waals surface area contributed by atoms with Crippen molar-refractivity contribution in [2.24, 2.45) is 0 Å². The van der Waals surface area contributed by atoms with Crippen LogP contribution in [-0.4, -0.2) is 24.0 Å². The van der Waals surface area contributed by atoms with Gasteiger partial charge < -0.3 is 10.2 Å². The SMILES string of the molecule is O=C(Cc1ccccc1)Nc1cccc(-c2csc(N3CCCCC3)n2)c1. The Balaban J connectivity index is 1.44. The summed E-state index contributed by atoms with van der Waals surface area (Å²) in [6.45, 7) is 2.20. The van der Waals surface area contributed by atoms with Gasteiger partial charge in [-0.1, -0.05) is 42.5 Å². The van der Waals surface area contributed by atoms with Gasteiger partial charge in [-0.2, -0.15) is 0 Å². The van der Waals surface area contributed by atoms with E-state index in [0.29, 0.717) is 6.42 Å². The summed E-state index contributed by atoms with van der Waals surface area (Å²) in [5, 5.41) is 6.20. The van der Waals surface area contributed by atoms with Crippen LogP contribution in [0.5, 0.6) is 0 Å². The number of carbonyl (C=O) groups is 1. The summed E-state index contributed by atoms with van der Waals surface area (Å²) >= 11 is 1.70. The van der Waals surface area contributed by atoms with Crippen LogP contribution in [0.1, 0.15) is 24.8 Å². The Kier molecular flexibility index (Phi) is 5.49. The molecule has 4 rings (SSSR count). The van der Waals surface area contributed by atoms with Gasteiger partial charge >= 0.3 is 0 Å². The van der Waals surface area contributed by atoms with Gasteiger partial charge in [-0.15, -0.1) is 11.3 Å². The molecule has 4 nitrogen and oxygen atoms in total. The second-order valence-electron chi connectivity index (χ2n) is 6.85. The van der Waals surface area contributed by atoms with Crippen LogP contribution in [0.4, 0.5) is 10.8 Å². The van der Waals surface area contributed by atoms with E-state index in [1.807, 2.05) is 54.6 Å². The number of anilines is 2. The van der Waals surface area contributed by atoms with E-state index >= 15 is 0 Å². The molecule has 0 radical (unpaired) electrons. The minimum atomic E-state index is -0.00867. The van der Waals surface area contributed by atoms with E-state index in [9.17, 15) is 4.79 Å². The lowest BCUT2D eigenvalue weighted by atomic mass is 10.1. The maximum absolute atomic E-state index is 12.3. The number of nitrogens with zero attached hydrogens (tertiary/aromatic N) is 2. The lowest BCUT2D eigenvalue weighted by molar-refractivity contribution is -0.115. The third-order valence-corrected chi connectivity index (χ3v) is 5.67. The maximum atomic E-state index is 12.3. The van der Waals surface area contributed by atoms with Crippen molar-refractivity contribution in [3.63, 3.8) is 0 Å². The number of aromatic nitrogens is 1. The average Bonchev–Trinajstić information content (AvgIpc) is 3.20. The molecule has 0 spiro atoms. The number of carbonyl (C=O) groups excluding carboxylic acids is 1. The molecule has 1 saturated heterocycles. The van der Waals surface area contributed by atoms with Crippen LogP contribution in [-0.2, 0) is 11.2 Å². The smallest absolute Gasteiger partial charge is 0.228 e. The normalized spacial score (nSPS) is 14.1. The zero-order valence-electron chi connectivity index (χ0n) is 15.2. The summed E-state index contributed by atoms with van der Waals surface area (Å²) in [4.78, 5) is 19.5. The van der Waals surface area contributed by atoms with E-state index in [1.165, 1.54) is 19.3 Å². The number of hydrogen-bond acceptors (Lipinski definition) is 4. The van der Waals surface area contributed by atoms with Crippen LogP contribution in [0.15, 0.2) is 60.0 Å². The molecular formula is C22H23N3OS. The minimum absolute atomic E-state index is 0.00867. The maximum Gasteiger partial charge on any atom is 0.228 e. The largest absolute Gasteiger partial charge is 0.348 e. The quantitative estimate of drug-likeness (QED) is 0.682. The van der Waals surface area contributed by atoms with Crippen molar-refractivity contribution < 1.29 is 4.79 Å². The van der Waals surface area contributed by atoms with Crippen molar-refractivity contribution in [1.29, 1.82) is 0 Å². The van der Waals surface area contributed by atoms with Crippen molar-refractivity contribution >= 4 is 28.1 Å². The predicted molar refractivity (Wildman–Crippen MR) is 112 cm³/mol. The topological polar surface area (TPSA) is 45.2 Å². The summed E-state index contributed by atoms with van der Waals surface area (Å²) < 4.78 is 0. The molecule has 1 fully saturated rings. The zero-order valence-corrected chi connectivity index (χ0v) is 16.0. The Bertz CT molecular complexity index is 901. The third kappa shape index (κ3) is 4.55. The number of hydrogen-bond donors (Lipinski definition) is 1. The lowest BCUT2D eigenvalue weighted by Gasteiger charge is -2.25. The van der Waals surface area contributed by atoms with Crippen molar-refractivity contribution in [2.75, 3.05) is 23.3 Å². The molecular weight excluding hydrogens is 354 g/mol. The standard InChI is InChI=1S/C22H23N3OS/c26-21(14-17-8-3-1-4-9-17)23-19-11-7-10-18(15-19)20-16-27-22(24-20)25-12-5-2-6-13-25/h1,3-4,7-11,15-16H,2,5-6,12-14H2,(H,23,26). The van der Waals surface area contributed by atoms with E-state index in [-0.39, 0.29) is 5.91 Å². The third-order valence-electron chi connectivity index (χ3n) is 4.77. The molecule has 27 heavy (non-hydrogen) atoms. The molecule has 5 heteroatoms. The molecule has 0 atom stereocenters. The van der Waals surface area contributed by atoms with Gasteiger partial charge in [0.2, 0.25) is 5.91 Å². The van der Waals surface area contributed by atoms with Gasteiger partial charge in [0.1, 0.15) is 0 Å². The zero-order chi connectivity index (χ0) is 18.5. The summed E-state index contributed by atoms with van der Waals surface area (Å²) in [6, 6.07) is 17.7. The van der Waals surface area contributed by atoms with Gasteiger partial charge in [-0.05, 0) is 37.0 Å². The average molecular weight is 378 g/mol. The number of nitrogens with one attached hydrogen (secondary N) is 1. The van der Waals surface area contributed by atoms with Gasteiger partial charge in [0.25, 0.3) is 0 Å². The molecule has 0 unspecified atom stereocenters. The first-order valence-corrected chi connectivity index (χ1v) is 10.3. The second kappa shape index (κ2) is 8.35. The van der Waals surface area contributed by atoms with Gasteiger partial charge in [-0.25, -0.2) is 4.98 Å². The summed E-state index contributed by atoms with van der Waals surface area (Å²) in [5.74, 6) is -0.00867. The molecule has 1 aliphatic rings. The Morgan fingerprint density at radius 2 is 1.85 bits per heavy atom. The fourth-order valence-electron chi connectivity index (χ4n) is 3.37. The summed E-state index contributed by atoms with van der Waals surface area (Å²) in [5.41, 5.74) is 3.82. The summed E-state index contributed by atoms with van der Waals surface area (Å²) in [7, 11) is 0. The molecule has 1 aromatic heterocycles. The molecule has 1 amide bonds. The van der Waals surface area contributed by atoms with E-state index in [4.69, 9.17) is 4.98 Å². The van der Waals surface area contributed by atoms with Gasteiger partial charge in [0.15, 0.2) is 5.13 Å². The van der Waals surface area contributed by atoms with E-state index < -0.39 is 0 Å². The second-order valence-corrected chi connectivity index (χ2v) is 7.69. The highest BCUT2D eigenvalue weighted by atomic mass is 32.1. The van der Waals surface area contributed by atoms with Crippen LogP contribution < -0.4 is 10.2 Å². The number of benzene rings is 2. The lowest BCUT2D eigenvalue weighted by Crippen LogP contribution is -2.29. The first-order valence-electron chi connectivity index (χ1n) is 9.43. The van der Waals surface area contributed by atoms with Gasteiger partial charge in [-0.3, -0.25) is 4.79 Å². The Morgan fingerprint density at radius 3 is 2.67 bits per heavy atom.